The predicted molar refractivity (Wildman–Crippen MR) is 69.7 cm³/mol. The van der Waals surface area contributed by atoms with E-state index < -0.39 is 11.9 Å². The molecule has 1 amide bonds. The number of aromatic nitrogens is 2. The van der Waals surface area contributed by atoms with Crippen LogP contribution in [0.3, 0.4) is 0 Å². The van der Waals surface area contributed by atoms with Gasteiger partial charge in [-0.1, -0.05) is 11.6 Å². The number of nitrogens with zero attached hydrogens (tertiary/aromatic N) is 1. The van der Waals surface area contributed by atoms with Gasteiger partial charge in [0.2, 0.25) is 0 Å². The molecule has 0 atom stereocenters. The van der Waals surface area contributed by atoms with Gasteiger partial charge < -0.3 is 10.4 Å². The van der Waals surface area contributed by atoms with Crippen LogP contribution < -0.4 is 5.32 Å². The topological polar surface area (TPSA) is 95.1 Å². The number of carboxylic acid groups (broad SMARTS) is 1. The van der Waals surface area contributed by atoms with Gasteiger partial charge in [-0.15, -0.1) is 0 Å². The Balaban J connectivity index is 2.24. The zero-order valence-electron chi connectivity index (χ0n) is 9.90. The molecule has 2 rings (SSSR count). The van der Waals surface area contributed by atoms with Crippen LogP contribution in [0.5, 0.6) is 0 Å². The summed E-state index contributed by atoms with van der Waals surface area (Å²) in [6.07, 6.45) is 0. The number of carbonyl (C=O) groups is 2. The van der Waals surface area contributed by atoms with Gasteiger partial charge in [0.1, 0.15) is 5.56 Å². The third kappa shape index (κ3) is 2.74. The summed E-state index contributed by atoms with van der Waals surface area (Å²) < 4.78 is 0. The second-order valence-corrected chi connectivity index (χ2v) is 4.27. The molecule has 0 aliphatic rings. The lowest BCUT2D eigenvalue weighted by molar-refractivity contribution is 0.0697. The number of carbonyl (C=O) groups excluding carboxylic acids is 1. The highest BCUT2D eigenvalue weighted by atomic mass is 35.5. The zero-order chi connectivity index (χ0) is 14.0. The number of anilines is 1. The van der Waals surface area contributed by atoms with E-state index in [1.54, 1.807) is 19.1 Å². The number of amides is 1. The van der Waals surface area contributed by atoms with Crippen molar-refractivity contribution < 1.29 is 14.7 Å². The summed E-state index contributed by atoms with van der Waals surface area (Å²) in [6, 6.07) is 6.23. The number of hydrogen-bond donors (Lipinski definition) is 3. The summed E-state index contributed by atoms with van der Waals surface area (Å²) in [5.41, 5.74) is 0.683. The van der Waals surface area contributed by atoms with Crippen LogP contribution in [0.2, 0.25) is 5.02 Å². The van der Waals surface area contributed by atoms with E-state index in [4.69, 9.17) is 16.7 Å². The number of carboxylic acids is 1. The smallest absolute Gasteiger partial charge is 0.341 e. The molecule has 0 saturated carbocycles. The molecule has 1 aromatic heterocycles. The van der Waals surface area contributed by atoms with Crippen molar-refractivity contribution in [3.63, 3.8) is 0 Å². The van der Waals surface area contributed by atoms with Crippen molar-refractivity contribution >= 4 is 29.3 Å². The van der Waals surface area contributed by atoms with Crippen LogP contribution in [-0.4, -0.2) is 27.2 Å². The van der Waals surface area contributed by atoms with Gasteiger partial charge in [0.05, 0.1) is 0 Å². The van der Waals surface area contributed by atoms with Crippen molar-refractivity contribution in [1.29, 1.82) is 0 Å². The van der Waals surface area contributed by atoms with E-state index in [0.717, 1.165) is 0 Å². The van der Waals surface area contributed by atoms with E-state index in [-0.39, 0.29) is 11.4 Å². The van der Waals surface area contributed by atoms with Crippen LogP contribution in [0.1, 0.15) is 26.4 Å². The van der Waals surface area contributed by atoms with Crippen molar-refractivity contribution in [2.24, 2.45) is 0 Å². The summed E-state index contributed by atoms with van der Waals surface area (Å²) in [5, 5.41) is 18.3. The van der Waals surface area contributed by atoms with E-state index in [9.17, 15) is 9.59 Å². The zero-order valence-corrected chi connectivity index (χ0v) is 10.7. The molecule has 0 bridgehead atoms. The lowest BCUT2D eigenvalue weighted by atomic mass is 10.2. The second kappa shape index (κ2) is 5.11. The van der Waals surface area contributed by atoms with Crippen molar-refractivity contribution in [3.05, 3.63) is 46.1 Å². The maximum absolute atomic E-state index is 11.9. The molecule has 0 spiro atoms. The molecule has 1 heterocycles. The minimum Gasteiger partial charge on any atom is -0.477 e. The summed E-state index contributed by atoms with van der Waals surface area (Å²) >= 11 is 5.72. The van der Waals surface area contributed by atoms with Crippen molar-refractivity contribution in [3.8, 4) is 0 Å². The summed E-state index contributed by atoms with van der Waals surface area (Å²) in [6.45, 7) is 1.56. The Hall–Kier alpha value is -2.34. The number of aryl methyl sites for hydroxylation is 1. The van der Waals surface area contributed by atoms with Crippen LogP contribution in [0.25, 0.3) is 0 Å². The Kier molecular flexibility index (Phi) is 3.52. The molecule has 2 aromatic rings. The molecule has 0 unspecified atom stereocenters. The largest absolute Gasteiger partial charge is 0.477 e. The molecule has 0 aliphatic carbocycles. The number of halogens is 1. The molecule has 98 valence electrons. The lowest BCUT2D eigenvalue weighted by Crippen LogP contribution is -2.14. The first kappa shape index (κ1) is 13.1. The number of rotatable bonds is 3. The predicted octanol–water partition coefficient (Wildman–Crippen LogP) is 2.32. The Morgan fingerprint density at radius 1 is 1.32 bits per heavy atom. The van der Waals surface area contributed by atoms with Crippen LogP contribution in [0, 0.1) is 6.92 Å². The standard InChI is InChI=1S/C12H10ClN3O3/c1-6-9(12(18)19)10(16-15-6)14-11(17)7-2-4-8(13)5-3-7/h2-5H,1H3,(H,18,19)(H2,14,15,16,17). The fourth-order valence-electron chi connectivity index (χ4n) is 1.56. The second-order valence-electron chi connectivity index (χ2n) is 3.84. The van der Waals surface area contributed by atoms with Crippen LogP contribution in [0.15, 0.2) is 24.3 Å². The molecule has 1 aromatic carbocycles. The molecular formula is C12H10ClN3O3. The first-order valence-electron chi connectivity index (χ1n) is 5.34. The molecule has 6 nitrogen and oxygen atoms in total. The van der Waals surface area contributed by atoms with Crippen molar-refractivity contribution in [2.75, 3.05) is 5.32 Å². The highest BCUT2D eigenvalue weighted by Crippen LogP contribution is 2.17. The number of aromatic amines is 1. The van der Waals surface area contributed by atoms with Gasteiger partial charge in [-0.2, -0.15) is 5.10 Å². The van der Waals surface area contributed by atoms with Crippen molar-refractivity contribution in [1.82, 2.24) is 10.2 Å². The average molecular weight is 280 g/mol. The molecule has 0 radical (unpaired) electrons. The van der Waals surface area contributed by atoms with Gasteiger partial charge in [-0.05, 0) is 31.2 Å². The third-order valence-electron chi connectivity index (χ3n) is 2.50. The molecule has 0 fully saturated rings. The van der Waals surface area contributed by atoms with Gasteiger partial charge in [0.25, 0.3) is 5.91 Å². The lowest BCUT2D eigenvalue weighted by Gasteiger charge is -2.03. The maximum atomic E-state index is 11.9. The number of hydrogen-bond acceptors (Lipinski definition) is 3. The van der Waals surface area contributed by atoms with E-state index in [1.165, 1.54) is 12.1 Å². The highest BCUT2D eigenvalue weighted by molar-refractivity contribution is 6.30. The van der Waals surface area contributed by atoms with E-state index in [1.807, 2.05) is 0 Å². The number of aromatic carboxylic acids is 1. The van der Waals surface area contributed by atoms with Crippen molar-refractivity contribution in [2.45, 2.75) is 6.92 Å². The monoisotopic (exact) mass is 279 g/mol. The van der Waals surface area contributed by atoms with Gasteiger partial charge >= 0.3 is 5.97 Å². The summed E-state index contributed by atoms with van der Waals surface area (Å²) in [4.78, 5) is 22.9. The highest BCUT2D eigenvalue weighted by Gasteiger charge is 2.19. The molecular weight excluding hydrogens is 270 g/mol. The van der Waals surface area contributed by atoms with Gasteiger partial charge in [-0.3, -0.25) is 9.89 Å². The summed E-state index contributed by atoms with van der Waals surface area (Å²) in [5.74, 6) is -1.62. The van der Waals surface area contributed by atoms with Crippen LogP contribution in [0.4, 0.5) is 5.82 Å². The Bertz CT molecular complexity index is 634. The van der Waals surface area contributed by atoms with Gasteiger partial charge in [0, 0.05) is 16.3 Å². The summed E-state index contributed by atoms with van der Waals surface area (Å²) in [7, 11) is 0. The quantitative estimate of drug-likeness (QED) is 0.803. The van der Waals surface area contributed by atoms with Gasteiger partial charge in [-0.25, -0.2) is 4.79 Å². The van der Waals surface area contributed by atoms with Crippen LogP contribution in [-0.2, 0) is 0 Å². The molecule has 0 saturated heterocycles. The van der Waals surface area contributed by atoms with E-state index in [2.05, 4.69) is 15.5 Å². The minimum absolute atomic E-state index is 0.00931. The normalized spacial score (nSPS) is 10.2. The first-order valence-corrected chi connectivity index (χ1v) is 5.72. The molecule has 19 heavy (non-hydrogen) atoms. The van der Waals surface area contributed by atoms with E-state index in [0.29, 0.717) is 16.3 Å². The number of nitrogens with one attached hydrogen (secondary N) is 2. The first-order chi connectivity index (χ1) is 8.99. The van der Waals surface area contributed by atoms with Gasteiger partial charge in [0.15, 0.2) is 5.82 Å². The van der Waals surface area contributed by atoms with E-state index >= 15 is 0 Å². The maximum Gasteiger partial charge on any atom is 0.341 e. The SMILES string of the molecule is Cc1[nH]nc(NC(=O)c2ccc(Cl)cc2)c1C(=O)O. The minimum atomic E-state index is -1.15. The fraction of sp³-hybridized carbons (Fsp3) is 0.0833. The average Bonchev–Trinajstić information content (AvgIpc) is 2.71. The Morgan fingerprint density at radius 2 is 1.95 bits per heavy atom. The Labute approximate surface area is 113 Å². The molecule has 7 heteroatoms. The molecule has 0 aliphatic heterocycles. The fourth-order valence-corrected chi connectivity index (χ4v) is 1.69. The third-order valence-corrected chi connectivity index (χ3v) is 2.75. The number of H-pyrrole nitrogens is 1. The van der Waals surface area contributed by atoms with Crippen LogP contribution >= 0.6 is 11.6 Å². The number of benzene rings is 1. The Morgan fingerprint density at radius 3 is 2.53 bits per heavy atom. The molecule has 3 N–H and O–H groups in total.